The Morgan fingerprint density at radius 1 is 1.41 bits per heavy atom. The molecule has 4 nitrogen and oxygen atoms in total. The van der Waals surface area contributed by atoms with Crippen molar-refractivity contribution in [2.45, 2.75) is 38.7 Å². The smallest absolute Gasteiger partial charge is 0.306 e. The number of ether oxygens (including phenoxy) is 1. The highest BCUT2D eigenvalue weighted by Gasteiger charge is 2.40. The second-order valence-corrected chi connectivity index (χ2v) is 7.41. The van der Waals surface area contributed by atoms with E-state index in [2.05, 4.69) is 5.16 Å². The Labute approximate surface area is 133 Å². The summed E-state index contributed by atoms with van der Waals surface area (Å²) in [6, 6.07) is 5.80. The van der Waals surface area contributed by atoms with Crippen LogP contribution in [0.25, 0.3) is 10.6 Å². The summed E-state index contributed by atoms with van der Waals surface area (Å²) in [5.41, 5.74) is 0.671. The molecule has 3 atom stereocenters. The van der Waals surface area contributed by atoms with Gasteiger partial charge in [0.25, 0.3) is 0 Å². The van der Waals surface area contributed by atoms with Crippen LogP contribution in [0.5, 0.6) is 0 Å². The molecule has 0 amide bonds. The van der Waals surface area contributed by atoms with Gasteiger partial charge in [-0.25, -0.2) is 0 Å². The zero-order valence-corrected chi connectivity index (χ0v) is 13.2. The molecule has 0 unspecified atom stereocenters. The highest BCUT2D eigenvalue weighted by Crippen LogP contribution is 2.49. The quantitative estimate of drug-likeness (QED) is 0.773. The van der Waals surface area contributed by atoms with Crippen molar-refractivity contribution in [1.29, 1.82) is 0 Å². The molecule has 2 aliphatic rings. The van der Waals surface area contributed by atoms with Crippen LogP contribution in [0.3, 0.4) is 0 Å². The van der Waals surface area contributed by atoms with Gasteiger partial charge in [-0.2, -0.15) is 0 Å². The molecule has 0 aliphatic heterocycles. The van der Waals surface area contributed by atoms with Crippen LogP contribution < -0.4 is 0 Å². The second-order valence-electron chi connectivity index (χ2n) is 6.46. The fraction of sp³-hybridized carbons (Fsp3) is 0.529. The van der Waals surface area contributed by atoms with E-state index in [0.29, 0.717) is 18.0 Å². The van der Waals surface area contributed by atoms with Gasteiger partial charge in [0, 0.05) is 12.5 Å². The number of carbonyl (C=O) groups is 1. The first-order chi connectivity index (χ1) is 10.8. The average molecular weight is 317 g/mol. The lowest BCUT2D eigenvalue weighted by Crippen LogP contribution is -2.16. The van der Waals surface area contributed by atoms with Gasteiger partial charge in [0.05, 0.1) is 4.88 Å². The zero-order valence-electron chi connectivity index (χ0n) is 12.4. The molecule has 2 aromatic rings. The molecule has 5 heteroatoms. The standard InChI is InChI=1S/C17H19NO3S/c19-17(8-13-7-11-3-4-12(13)6-11)20-10-14-9-15(21-18-14)16-2-1-5-22-16/h1-2,5,9,11-13H,3-4,6-8,10H2/t11-,12+,13+/m0/s1. The van der Waals surface area contributed by atoms with Crippen LogP contribution in [0, 0.1) is 17.8 Å². The number of esters is 1. The van der Waals surface area contributed by atoms with Gasteiger partial charge in [0.2, 0.25) is 0 Å². The van der Waals surface area contributed by atoms with Gasteiger partial charge in [0.15, 0.2) is 5.76 Å². The van der Waals surface area contributed by atoms with E-state index < -0.39 is 0 Å². The van der Waals surface area contributed by atoms with Crippen LogP contribution in [0.15, 0.2) is 28.1 Å². The van der Waals surface area contributed by atoms with Gasteiger partial charge in [-0.1, -0.05) is 17.6 Å². The third kappa shape index (κ3) is 2.82. The summed E-state index contributed by atoms with van der Waals surface area (Å²) in [6.45, 7) is 0.203. The molecule has 2 aliphatic carbocycles. The molecule has 2 heterocycles. The van der Waals surface area contributed by atoms with E-state index in [4.69, 9.17) is 9.26 Å². The van der Waals surface area contributed by atoms with Crippen molar-refractivity contribution in [2.75, 3.05) is 0 Å². The van der Waals surface area contributed by atoms with Gasteiger partial charge in [0.1, 0.15) is 12.3 Å². The van der Waals surface area contributed by atoms with Crippen LogP contribution in [0.4, 0.5) is 0 Å². The van der Waals surface area contributed by atoms with Crippen molar-refractivity contribution >= 4 is 17.3 Å². The lowest BCUT2D eigenvalue weighted by molar-refractivity contribution is -0.146. The molecule has 2 bridgehead atoms. The van der Waals surface area contributed by atoms with Gasteiger partial charge in [-0.15, -0.1) is 11.3 Å². The lowest BCUT2D eigenvalue weighted by atomic mass is 9.86. The largest absolute Gasteiger partial charge is 0.459 e. The molecule has 0 spiro atoms. The van der Waals surface area contributed by atoms with E-state index in [9.17, 15) is 4.79 Å². The SMILES string of the molecule is O=C(C[C@H]1C[C@H]2CC[C@@H]1C2)OCc1cc(-c2cccs2)on1. The number of carbonyl (C=O) groups excluding carboxylic acids is 1. The van der Waals surface area contributed by atoms with Crippen molar-refractivity contribution in [3.8, 4) is 10.6 Å². The summed E-state index contributed by atoms with van der Waals surface area (Å²) in [4.78, 5) is 13.0. The van der Waals surface area contributed by atoms with Crippen LogP contribution in [0.2, 0.25) is 0 Å². The number of fused-ring (bicyclic) bond motifs is 2. The van der Waals surface area contributed by atoms with Gasteiger partial charge in [-0.3, -0.25) is 4.79 Å². The van der Waals surface area contributed by atoms with Crippen molar-refractivity contribution in [3.63, 3.8) is 0 Å². The molecule has 0 saturated heterocycles. The number of aromatic nitrogens is 1. The van der Waals surface area contributed by atoms with E-state index in [-0.39, 0.29) is 12.6 Å². The molecule has 0 radical (unpaired) electrons. The topological polar surface area (TPSA) is 52.3 Å². The first-order valence-electron chi connectivity index (χ1n) is 7.93. The summed E-state index contributed by atoms with van der Waals surface area (Å²) < 4.78 is 10.7. The Morgan fingerprint density at radius 3 is 3.09 bits per heavy atom. The fourth-order valence-corrected chi connectivity index (χ4v) is 4.64. The van der Waals surface area contributed by atoms with Gasteiger partial charge >= 0.3 is 5.97 Å². The normalized spacial score (nSPS) is 26.5. The Morgan fingerprint density at radius 2 is 2.36 bits per heavy atom. The monoisotopic (exact) mass is 317 g/mol. The highest BCUT2D eigenvalue weighted by atomic mass is 32.1. The number of thiophene rings is 1. The van der Waals surface area contributed by atoms with Crippen molar-refractivity contribution in [2.24, 2.45) is 17.8 Å². The molecule has 2 fully saturated rings. The predicted octanol–water partition coefficient (Wildman–Crippen LogP) is 4.27. The van der Waals surface area contributed by atoms with E-state index in [1.54, 1.807) is 11.3 Å². The second kappa shape index (κ2) is 5.88. The first-order valence-corrected chi connectivity index (χ1v) is 8.81. The Kier molecular flexibility index (Phi) is 3.74. The van der Waals surface area contributed by atoms with Crippen LogP contribution in [0.1, 0.15) is 37.8 Å². The van der Waals surface area contributed by atoms with E-state index in [0.717, 1.165) is 22.5 Å². The molecule has 0 aromatic carbocycles. The number of hydrogen-bond donors (Lipinski definition) is 0. The Hall–Kier alpha value is -1.62. The molecule has 4 rings (SSSR count). The summed E-state index contributed by atoms with van der Waals surface area (Å²) in [7, 11) is 0. The van der Waals surface area contributed by atoms with Crippen molar-refractivity contribution in [3.05, 3.63) is 29.3 Å². The number of rotatable bonds is 5. The fourth-order valence-electron chi connectivity index (χ4n) is 3.97. The van der Waals surface area contributed by atoms with E-state index >= 15 is 0 Å². The van der Waals surface area contributed by atoms with E-state index in [1.165, 1.54) is 25.7 Å². The number of nitrogens with zero attached hydrogens (tertiary/aromatic N) is 1. The van der Waals surface area contributed by atoms with Crippen molar-refractivity contribution < 1.29 is 14.1 Å². The van der Waals surface area contributed by atoms with Crippen LogP contribution in [-0.2, 0) is 16.1 Å². The molecular weight excluding hydrogens is 298 g/mol. The lowest BCUT2D eigenvalue weighted by Gasteiger charge is -2.20. The molecule has 116 valence electrons. The third-order valence-corrected chi connectivity index (χ3v) is 5.90. The molecular formula is C17H19NO3S. The average Bonchev–Trinajstić information content (AvgIpc) is 3.27. The minimum Gasteiger partial charge on any atom is -0.459 e. The minimum atomic E-state index is -0.0989. The highest BCUT2D eigenvalue weighted by molar-refractivity contribution is 7.13. The molecule has 2 aromatic heterocycles. The molecule has 2 saturated carbocycles. The predicted molar refractivity (Wildman–Crippen MR) is 83.2 cm³/mol. The maximum Gasteiger partial charge on any atom is 0.306 e. The maximum absolute atomic E-state index is 12.0. The van der Waals surface area contributed by atoms with Crippen molar-refractivity contribution in [1.82, 2.24) is 5.16 Å². The molecule has 22 heavy (non-hydrogen) atoms. The minimum absolute atomic E-state index is 0.0989. The van der Waals surface area contributed by atoms with Crippen LogP contribution in [-0.4, -0.2) is 11.1 Å². The summed E-state index contributed by atoms with van der Waals surface area (Å²) in [5, 5.41) is 5.96. The van der Waals surface area contributed by atoms with Gasteiger partial charge < -0.3 is 9.26 Å². The zero-order chi connectivity index (χ0) is 14.9. The summed E-state index contributed by atoms with van der Waals surface area (Å²) in [6.07, 6.45) is 5.77. The third-order valence-electron chi connectivity index (χ3n) is 5.02. The molecule has 0 N–H and O–H groups in total. The summed E-state index contributed by atoms with van der Waals surface area (Å²) in [5.74, 6) is 2.80. The van der Waals surface area contributed by atoms with Gasteiger partial charge in [-0.05, 0) is 48.5 Å². The summed E-state index contributed by atoms with van der Waals surface area (Å²) >= 11 is 1.60. The van der Waals surface area contributed by atoms with E-state index in [1.807, 2.05) is 23.6 Å². The Balaban J connectivity index is 1.28. The maximum atomic E-state index is 12.0. The first kappa shape index (κ1) is 14.0. The Bertz CT molecular complexity index is 649. The number of hydrogen-bond acceptors (Lipinski definition) is 5. The van der Waals surface area contributed by atoms with Crippen LogP contribution >= 0.6 is 11.3 Å².